The van der Waals surface area contributed by atoms with Gasteiger partial charge in [0, 0.05) is 23.3 Å². The second-order valence-corrected chi connectivity index (χ2v) is 5.25. The minimum atomic E-state index is -2.54. The fourth-order valence-corrected chi connectivity index (χ4v) is 2.83. The third kappa shape index (κ3) is 3.61. The van der Waals surface area contributed by atoms with Crippen molar-refractivity contribution < 1.29 is 8.78 Å². The Hall–Kier alpha value is -1.27. The minimum absolute atomic E-state index is 0.202. The average Bonchev–Trinajstić information content (AvgIpc) is 3.05. The van der Waals surface area contributed by atoms with Crippen molar-refractivity contribution in [3.05, 3.63) is 40.6 Å². The number of hydrogen-bond donors (Lipinski definition) is 1. The molecule has 2 aromatic rings. The molecule has 19 heavy (non-hydrogen) atoms. The van der Waals surface area contributed by atoms with Gasteiger partial charge in [-0.2, -0.15) is 8.78 Å². The van der Waals surface area contributed by atoms with E-state index in [1.165, 1.54) is 17.3 Å². The summed E-state index contributed by atoms with van der Waals surface area (Å²) in [7, 11) is 0. The Morgan fingerprint density at radius 2 is 2.32 bits per heavy atom. The quantitative estimate of drug-likeness (QED) is 0.834. The average molecular weight is 285 g/mol. The van der Waals surface area contributed by atoms with Crippen molar-refractivity contribution in [2.24, 2.45) is 0 Å². The highest BCUT2D eigenvalue weighted by Crippen LogP contribution is 2.23. The second kappa shape index (κ2) is 6.77. The first-order valence-electron chi connectivity index (χ1n) is 6.29. The number of nitrogens with one attached hydrogen (secondary N) is 1. The fourth-order valence-electron chi connectivity index (χ4n) is 2.00. The Balaban J connectivity index is 2.01. The number of halogens is 2. The van der Waals surface area contributed by atoms with E-state index in [-0.39, 0.29) is 6.04 Å². The van der Waals surface area contributed by atoms with Crippen molar-refractivity contribution in [3.8, 4) is 0 Å². The lowest BCUT2D eigenvalue weighted by Crippen LogP contribution is -2.22. The summed E-state index contributed by atoms with van der Waals surface area (Å²) >= 11 is 1.68. The van der Waals surface area contributed by atoms with Gasteiger partial charge >= 0.3 is 6.55 Å². The van der Waals surface area contributed by atoms with Gasteiger partial charge in [-0.1, -0.05) is 19.4 Å². The molecule has 2 heterocycles. The maximum Gasteiger partial charge on any atom is 0.319 e. The summed E-state index contributed by atoms with van der Waals surface area (Å²) in [5.74, 6) is 0.368. The number of aromatic nitrogens is 2. The number of imidazole rings is 1. The van der Waals surface area contributed by atoms with Crippen LogP contribution in [0.15, 0.2) is 29.9 Å². The summed E-state index contributed by atoms with van der Waals surface area (Å²) < 4.78 is 26.3. The van der Waals surface area contributed by atoms with Gasteiger partial charge in [0.2, 0.25) is 0 Å². The molecule has 1 N–H and O–H groups in total. The van der Waals surface area contributed by atoms with Crippen molar-refractivity contribution >= 4 is 11.3 Å². The first-order chi connectivity index (χ1) is 9.22. The molecule has 104 valence electrons. The minimum Gasteiger partial charge on any atom is -0.302 e. The second-order valence-electron chi connectivity index (χ2n) is 4.27. The Bertz CT molecular complexity index is 482. The summed E-state index contributed by atoms with van der Waals surface area (Å²) in [5.41, 5.74) is 0. The lowest BCUT2D eigenvalue weighted by Gasteiger charge is -2.17. The highest BCUT2D eigenvalue weighted by Gasteiger charge is 2.15. The largest absolute Gasteiger partial charge is 0.319 e. The SMILES string of the molecule is CCCC(NCc1nccn1C(F)F)c1cccs1. The van der Waals surface area contributed by atoms with E-state index < -0.39 is 6.55 Å². The molecule has 0 aliphatic carbocycles. The molecular weight excluding hydrogens is 268 g/mol. The van der Waals surface area contributed by atoms with Crippen molar-refractivity contribution in [2.45, 2.75) is 38.9 Å². The normalized spacial score (nSPS) is 13.1. The number of thiophene rings is 1. The molecule has 0 fully saturated rings. The van der Waals surface area contributed by atoms with Crippen molar-refractivity contribution in [1.82, 2.24) is 14.9 Å². The lowest BCUT2D eigenvalue weighted by atomic mass is 10.1. The van der Waals surface area contributed by atoms with Gasteiger partial charge < -0.3 is 5.32 Å². The van der Waals surface area contributed by atoms with Gasteiger partial charge in [0.15, 0.2) is 0 Å². The highest BCUT2D eigenvalue weighted by molar-refractivity contribution is 7.10. The number of rotatable bonds is 7. The van der Waals surface area contributed by atoms with Crippen molar-refractivity contribution in [2.75, 3.05) is 0 Å². The van der Waals surface area contributed by atoms with E-state index in [1.54, 1.807) is 11.3 Å². The first-order valence-corrected chi connectivity index (χ1v) is 7.17. The number of nitrogens with zero attached hydrogens (tertiary/aromatic N) is 2. The molecule has 0 aromatic carbocycles. The molecule has 0 aliphatic rings. The molecule has 0 radical (unpaired) electrons. The van der Waals surface area contributed by atoms with Crippen LogP contribution in [-0.2, 0) is 6.54 Å². The van der Waals surface area contributed by atoms with E-state index >= 15 is 0 Å². The predicted octanol–water partition coefficient (Wildman–Crippen LogP) is 3.97. The fraction of sp³-hybridized carbons (Fsp3) is 0.462. The molecule has 0 saturated carbocycles. The van der Waals surface area contributed by atoms with E-state index in [4.69, 9.17) is 0 Å². The molecule has 2 aromatic heterocycles. The summed E-state index contributed by atoms with van der Waals surface area (Å²) in [5, 5.41) is 5.34. The summed E-state index contributed by atoms with van der Waals surface area (Å²) in [6, 6.07) is 4.27. The Kier molecular flexibility index (Phi) is 5.04. The van der Waals surface area contributed by atoms with Crippen LogP contribution >= 0.6 is 11.3 Å². The van der Waals surface area contributed by atoms with Crippen LogP contribution in [0.2, 0.25) is 0 Å². The van der Waals surface area contributed by atoms with E-state index in [9.17, 15) is 8.78 Å². The lowest BCUT2D eigenvalue weighted by molar-refractivity contribution is 0.0664. The molecule has 0 saturated heterocycles. The van der Waals surface area contributed by atoms with E-state index in [1.807, 2.05) is 11.4 Å². The topological polar surface area (TPSA) is 29.9 Å². The van der Waals surface area contributed by atoms with Crippen LogP contribution in [0, 0.1) is 0 Å². The van der Waals surface area contributed by atoms with Crippen molar-refractivity contribution in [1.29, 1.82) is 0 Å². The summed E-state index contributed by atoms with van der Waals surface area (Å²) in [6.45, 7) is -0.0758. The van der Waals surface area contributed by atoms with E-state index in [0.717, 1.165) is 17.4 Å². The smallest absolute Gasteiger partial charge is 0.302 e. The molecule has 0 amide bonds. The first kappa shape index (κ1) is 14.1. The zero-order valence-electron chi connectivity index (χ0n) is 10.7. The van der Waals surface area contributed by atoms with Crippen LogP contribution in [-0.4, -0.2) is 9.55 Å². The third-order valence-corrected chi connectivity index (χ3v) is 3.92. The molecule has 0 spiro atoms. The third-order valence-electron chi connectivity index (χ3n) is 2.93. The molecular formula is C13H17F2N3S. The molecule has 0 bridgehead atoms. The Morgan fingerprint density at radius 1 is 1.47 bits per heavy atom. The molecule has 6 heteroatoms. The molecule has 3 nitrogen and oxygen atoms in total. The maximum absolute atomic E-state index is 12.7. The van der Waals surface area contributed by atoms with Gasteiger partial charge in [-0.05, 0) is 17.9 Å². The van der Waals surface area contributed by atoms with Crippen LogP contribution in [0.4, 0.5) is 8.78 Å². The Morgan fingerprint density at radius 3 is 2.95 bits per heavy atom. The number of hydrogen-bond acceptors (Lipinski definition) is 3. The van der Waals surface area contributed by atoms with Crippen LogP contribution in [0.1, 0.15) is 43.1 Å². The zero-order valence-corrected chi connectivity index (χ0v) is 11.5. The Labute approximate surface area is 115 Å². The van der Waals surface area contributed by atoms with E-state index in [0.29, 0.717) is 12.4 Å². The monoisotopic (exact) mass is 285 g/mol. The molecule has 1 atom stereocenters. The van der Waals surface area contributed by atoms with Crippen LogP contribution in [0.5, 0.6) is 0 Å². The van der Waals surface area contributed by atoms with Gasteiger partial charge in [0.05, 0.1) is 6.54 Å². The summed E-state index contributed by atoms with van der Waals surface area (Å²) in [6.07, 6.45) is 4.74. The standard InChI is InChI=1S/C13H17F2N3S/c1-2-4-10(11-5-3-8-19-11)17-9-12-16-6-7-18(12)13(14)15/h3,5-8,10,13,17H,2,4,9H2,1H3. The molecule has 1 unspecified atom stereocenters. The maximum atomic E-state index is 12.7. The van der Waals surface area contributed by atoms with Gasteiger partial charge in [-0.3, -0.25) is 4.57 Å². The van der Waals surface area contributed by atoms with Crippen LogP contribution < -0.4 is 5.32 Å². The molecule has 2 rings (SSSR count). The van der Waals surface area contributed by atoms with Gasteiger partial charge in [0.1, 0.15) is 5.82 Å². The van der Waals surface area contributed by atoms with Gasteiger partial charge in [0.25, 0.3) is 0 Å². The van der Waals surface area contributed by atoms with Crippen LogP contribution in [0.3, 0.4) is 0 Å². The van der Waals surface area contributed by atoms with E-state index in [2.05, 4.69) is 23.3 Å². The number of alkyl halides is 2. The summed E-state index contributed by atoms with van der Waals surface area (Å²) in [4.78, 5) is 5.21. The molecule has 0 aliphatic heterocycles. The zero-order chi connectivity index (χ0) is 13.7. The highest BCUT2D eigenvalue weighted by atomic mass is 32.1. The predicted molar refractivity (Wildman–Crippen MR) is 72.3 cm³/mol. The van der Waals surface area contributed by atoms with Crippen molar-refractivity contribution in [3.63, 3.8) is 0 Å². The van der Waals surface area contributed by atoms with Gasteiger partial charge in [-0.15, -0.1) is 11.3 Å². The van der Waals surface area contributed by atoms with Crippen LogP contribution in [0.25, 0.3) is 0 Å². The van der Waals surface area contributed by atoms with Gasteiger partial charge in [-0.25, -0.2) is 4.98 Å².